The van der Waals surface area contributed by atoms with Gasteiger partial charge >= 0.3 is 5.69 Å². The molecule has 1 aromatic heterocycles. The Bertz CT molecular complexity index is 1160. The summed E-state index contributed by atoms with van der Waals surface area (Å²) < 4.78 is 1.73. The molecule has 3 aromatic rings. The van der Waals surface area contributed by atoms with Crippen LogP contribution in [0.5, 0.6) is 0 Å². The van der Waals surface area contributed by atoms with E-state index < -0.39 is 0 Å². The molecule has 1 N–H and O–H groups in total. The van der Waals surface area contributed by atoms with Crippen molar-refractivity contribution >= 4 is 16.7 Å². The van der Waals surface area contributed by atoms with E-state index in [0.29, 0.717) is 23.2 Å². The van der Waals surface area contributed by atoms with E-state index >= 15 is 0 Å². The Hall–Kier alpha value is -3.13. The van der Waals surface area contributed by atoms with Crippen molar-refractivity contribution in [2.45, 2.75) is 37.5 Å². The van der Waals surface area contributed by atoms with Gasteiger partial charge in [-0.1, -0.05) is 18.2 Å². The summed E-state index contributed by atoms with van der Waals surface area (Å²) in [4.78, 5) is 17.3. The Kier molecular flexibility index (Phi) is 3.54. The minimum atomic E-state index is -0.286. The predicted molar refractivity (Wildman–Crippen MR) is 106 cm³/mol. The summed E-state index contributed by atoms with van der Waals surface area (Å²) in [5.41, 5.74) is 4.40. The average Bonchev–Trinajstić information content (AvgIpc) is 3.58. The maximum Gasteiger partial charge on any atom is 0.354 e. The Morgan fingerprint density at radius 2 is 1.81 bits per heavy atom. The molecule has 1 heterocycles. The van der Waals surface area contributed by atoms with Gasteiger partial charge in [-0.2, -0.15) is 10.2 Å². The summed E-state index contributed by atoms with van der Waals surface area (Å²) in [5.74, 6) is 1.47. The second kappa shape index (κ2) is 5.95. The largest absolute Gasteiger partial charge is 0.372 e. The SMILES string of the molecule is CNc1nc(=O)n(-c2ccccc2C2CC2)c2cc(C3CC3)c(C#N)cc12. The smallest absolute Gasteiger partial charge is 0.354 e. The van der Waals surface area contributed by atoms with Crippen LogP contribution in [0.2, 0.25) is 0 Å². The Morgan fingerprint density at radius 1 is 1.11 bits per heavy atom. The van der Waals surface area contributed by atoms with Crippen molar-refractivity contribution in [3.63, 3.8) is 0 Å². The zero-order valence-corrected chi connectivity index (χ0v) is 15.2. The fraction of sp³-hybridized carbons (Fsp3) is 0.318. The highest BCUT2D eigenvalue weighted by molar-refractivity contribution is 5.92. The molecule has 2 saturated carbocycles. The van der Waals surface area contributed by atoms with Gasteiger partial charge in [0.25, 0.3) is 0 Å². The third-order valence-corrected chi connectivity index (χ3v) is 5.63. The van der Waals surface area contributed by atoms with E-state index in [-0.39, 0.29) is 5.69 Å². The molecule has 2 aliphatic carbocycles. The van der Waals surface area contributed by atoms with Crippen LogP contribution >= 0.6 is 0 Å². The number of anilines is 1. The summed E-state index contributed by atoms with van der Waals surface area (Å²) in [6, 6.07) is 14.4. The number of para-hydroxylation sites is 1. The molecule has 2 aliphatic rings. The molecule has 0 bridgehead atoms. The molecule has 0 aliphatic heterocycles. The Morgan fingerprint density at radius 3 is 2.48 bits per heavy atom. The monoisotopic (exact) mass is 356 g/mol. The average molecular weight is 356 g/mol. The van der Waals surface area contributed by atoms with Crippen molar-refractivity contribution in [1.82, 2.24) is 9.55 Å². The molecule has 2 aromatic carbocycles. The molecular weight excluding hydrogens is 336 g/mol. The van der Waals surface area contributed by atoms with E-state index in [2.05, 4.69) is 22.4 Å². The van der Waals surface area contributed by atoms with Gasteiger partial charge in [0.1, 0.15) is 5.82 Å². The number of fused-ring (bicyclic) bond motifs is 1. The quantitative estimate of drug-likeness (QED) is 0.765. The number of hydrogen-bond acceptors (Lipinski definition) is 4. The zero-order valence-electron chi connectivity index (χ0n) is 15.2. The number of nitrogens with zero attached hydrogens (tertiary/aromatic N) is 3. The molecule has 5 rings (SSSR count). The van der Waals surface area contributed by atoms with Crippen molar-refractivity contribution < 1.29 is 0 Å². The summed E-state index contributed by atoms with van der Waals surface area (Å²) in [6.45, 7) is 0. The number of benzene rings is 2. The summed E-state index contributed by atoms with van der Waals surface area (Å²) >= 11 is 0. The van der Waals surface area contributed by atoms with Gasteiger partial charge in [-0.3, -0.25) is 4.57 Å². The first-order chi connectivity index (χ1) is 13.2. The molecule has 0 amide bonds. The van der Waals surface area contributed by atoms with Crippen LogP contribution in [0.25, 0.3) is 16.6 Å². The van der Waals surface area contributed by atoms with E-state index in [1.54, 1.807) is 11.6 Å². The fourth-order valence-electron chi connectivity index (χ4n) is 3.97. The molecular formula is C22H20N4O. The van der Waals surface area contributed by atoms with Crippen molar-refractivity contribution in [2.24, 2.45) is 0 Å². The lowest BCUT2D eigenvalue weighted by Crippen LogP contribution is -2.24. The first kappa shape index (κ1) is 16.1. The number of hydrogen-bond donors (Lipinski definition) is 1. The number of nitrogens with one attached hydrogen (secondary N) is 1. The van der Waals surface area contributed by atoms with E-state index in [1.165, 1.54) is 5.56 Å². The first-order valence-corrected chi connectivity index (χ1v) is 9.49. The molecule has 0 atom stereocenters. The van der Waals surface area contributed by atoms with Crippen molar-refractivity contribution in [3.05, 3.63) is 63.6 Å². The summed E-state index contributed by atoms with van der Waals surface area (Å²) in [5, 5.41) is 13.5. The maximum atomic E-state index is 13.0. The van der Waals surface area contributed by atoms with E-state index in [0.717, 1.165) is 47.8 Å². The molecule has 5 nitrogen and oxygen atoms in total. The molecule has 0 radical (unpaired) electrons. The Balaban J connectivity index is 1.87. The van der Waals surface area contributed by atoms with Gasteiger partial charge in [0, 0.05) is 12.4 Å². The molecule has 27 heavy (non-hydrogen) atoms. The molecule has 5 heteroatoms. The van der Waals surface area contributed by atoms with E-state index in [9.17, 15) is 10.1 Å². The Labute approximate surface area is 157 Å². The molecule has 134 valence electrons. The third-order valence-electron chi connectivity index (χ3n) is 5.63. The molecule has 2 fully saturated rings. The maximum absolute atomic E-state index is 13.0. The van der Waals surface area contributed by atoms with E-state index in [1.807, 2.05) is 30.3 Å². The lowest BCUT2D eigenvalue weighted by atomic mass is 10.0. The zero-order chi connectivity index (χ0) is 18.5. The van der Waals surface area contributed by atoms with Gasteiger partial charge in [0.2, 0.25) is 0 Å². The van der Waals surface area contributed by atoms with Crippen molar-refractivity contribution in [3.8, 4) is 11.8 Å². The standard InChI is InChI=1S/C22H20N4O/c1-24-21-18-10-15(12-23)17(14-8-9-14)11-20(18)26(22(27)25-21)19-5-3-2-4-16(19)13-6-7-13/h2-5,10-11,13-14H,6-9H2,1H3,(H,24,25,27). The first-order valence-electron chi connectivity index (χ1n) is 9.49. The third kappa shape index (κ3) is 2.60. The lowest BCUT2D eigenvalue weighted by molar-refractivity contribution is 0.932. The van der Waals surface area contributed by atoms with Gasteiger partial charge < -0.3 is 5.32 Å². The molecule has 0 saturated heterocycles. The summed E-state index contributed by atoms with van der Waals surface area (Å²) in [7, 11) is 1.75. The highest BCUT2D eigenvalue weighted by Gasteiger charge is 2.29. The van der Waals surface area contributed by atoms with Gasteiger partial charge in [0.05, 0.1) is 22.8 Å². The summed E-state index contributed by atoms with van der Waals surface area (Å²) in [6.07, 6.45) is 4.54. The van der Waals surface area contributed by atoms with Crippen LogP contribution in [0.1, 0.15) is 54.2 Å². The van der Waals surface area contributed by atoms with Gasteiger partial charge in [-0.25, -0.2) is 4.79 Å². The van der Waals surface area contributed by atoms with Crippen LogP contribution in [0.15, 0.2) is 41.2 Å². The van der Waals surface area contributed by atoms with Crippen LogP contribution in [0, 0.1) is 11.3 Å². The van der Waals surface area contributed by atoms with Gasteiger partial charge in [0.15, 0.2) is 0 Å². The highest BCUT2D eigenvalue weighted by atomic mass is 16.1. The number of nitriles is 1. The van der Waals surface area contributed by atoms with E-state index in [4.69, 9.17) is 0 Å². The highest BCUT2D eigenvalue weighted by Crippen LogP contribution is 2.45. The molecule has 0 spiro atoms. The number of rotatable bonds is 4. The van der Waals surface area contributed by atoms with Gasteiger partial charge in [-0.05, 0) is 66.8 Å². The lowest BCUT2D eigenvalue weighted by Gasteiger charge is -2.17. The topological polar surface area (TPSA) is 70.7 Å². The van der Waals surface area contributed by atoms with Crippen LogP contribution in [-0.4, -0.2) is 16.6 Å². The van der Waals surface area contributed by atoms with Crippen LogP contribution in [0.3, 0.4) is 0 Å². The number of aromatic nitrogens is 2. The fourth-order valence-corrected chi connectivity index (χ4v) is 3.97. The van der Waals surface area contributed by atoms with Crippen LogP contribution in [-0.2, 0) is 0 Å². The second-order valence-corrected chi connectivity index (χ2v) is 7.50. The second-order valence-electron chi connectivity index (χ2n) is 7.50. The predicted octanol–water partition coefficient (Wildman–Crippen LogP) is 4.05. The van der Waals surface area contributed by atoms with Crippen molar-refractivity contribution in [2.75, 3.05) is 12.4 Å². The van der Waals surface area contributed by atoms with Crippen molar-refractivity contribution in [1.29, 1.82) is 5.26 Å². The van der Waals surface area contributed by atoms with Crippen LogP contribution < -0.4 is 11.0 Å². The van der Waals surface area contributed by atoms with Crippen LogP contribution in [0.4, 0.5) is 5.82 Å². The minimum absolute atomic E-state index is 0.286. The normalized spacial score (nSPS) is 16.3. The van der Waals surface area contributed by atoms with Gasteiger partial charge in [-0.15, -0.1) is 0 Å². The minimum Gasteiger partial charge on any atom is -0.372 e. The molecule has 0 unspecified atom stereocenters.